The summed E-state index contributed by atoms with van der Waals surface area (Å²) in [6.45, 7) is -0.0681. The van der Waals surface area contributed by atoms with Crippen LogP contribution in [-0.2, 0) is 16.0 Å². The molecular formula is C22H18N4O5S. The van der Waals surface area contributed by atoms with Gasteiger partial charge in [-0.3, -0.25) is 14.4 Å². The van der Waals surface area contributed by atoms with E-state index in [4.69, 9.17) is 9.47 Å². The zero-order chi connectivity index (χ0) is 22.1. The number of amides is 3. The maximum absolute atomic E-state index is 12.3. The molecule has 10 heteroatoms. The van der Waals surface area contributed by atoms with Crippen LogP contribution in [0.5, 0.6) is 11.5 Å². The molecular weight excluding hydrogens is 432 g/mol. The molecule has 0 radical (unpaired) electrons. The van der Waals surface area contributed by atoms with Crippen molar-refractivity contribution in [2.45, 2.75) is 12.8 Å². The van der Waals surface area contributed by atoms with Gasteiger partial charge in [-0.25, -0.2) is 4.98 Å². The molecule has 162 valence electrons. The summed E-state index contributed by atoms with van der Waals surface area (Å²) >= 11 is 1.30. The van der Waals surface area contributed by atoms with Crippen LogP contribution in [0.25, 0.3) is 11.3 Å². The molecule has 0 saturated heterocycles. The molecule has 0 spiro atoms. The molecule has 1 aromatic heterocycles. The summed E-state index contributed by atoms with van der Waals surface area (Å²) in [5.41, 5.74) is 3.91. The van der Waals surface area contributed by atoms with E-state index >= 15 is 0 Å². The fraction of sp³-hybridized carbons (Fsp3) is 0.182. The van der Waals surface area contributed by atoms with E-state index in [1.807, 2.05) is 23.6 Å². The number of fused-ring (bicyclic) bond motifs is 2. The van der Waals surface area contributed by atoms with Crippen molar-refractivity contribution >= 4 is 39.9 Å². The van der Waals surface area contributed by atoms with Gasteiger partial charge in [-0.05, 0) is 42.3 Å². The summed E-state index contributed by atoms with van der Waals surface area (Å²) in [5.74, 6) is 0.339. The normalized spacial score (nSPS) is 13.8. The molecule has 32 heavy (non-hydrogen) atoms. The quantitative estimate of drug-likeness (QED) is 0.550. The fourth-order valence-corrected chi connectivity index (χ4v) is 4.21. The van der Waals surface area contributed by atoms with Crippen LogP contribution in [0.1, 0.15) is 22.3 Å². The third kappa shape index (κ3) is 4.12. The number of anilines is 2. The third-order valence-corrected chi connectivity index (χ3v) is 5.85. The number of thiazole rings is 1. The summed E-state index contributed by atoms with van der Waals surface area (Å²) in [6.07, 6.45) is 1.15. The Morgan fingerprint density at radius 3 is 2.88 bits per heavy atom. The Morgan fingerprint density at radius 1 is 1.09 bits per heavy atom. The lowest BCUT2D eigenvalue weighted by Gasteiger charge is -2.17. The first-order chi connectivity index (χ1) is 15.5. The SMILES string of the molecule is O=C(CNC(=O)c1ccc2c(c1)OCO2)Nc1nc(-c2ccc3c(c2)CCC(=O)N3)cs1. The Kier molecular flexibility index (Phi) is 5.20. The third-order valence-electron chi connectivity index (χ3n) is 5.09. The molecule has 5 rings (SSSR count). The summed E-state index contributed by atoms with van der Waals surface area (Å²) < 4.78 is 10.5. The van der Waals surface area contributed by atoms with Gasteiger partial charge in [-0.1, -0.05) is 6.07 Å². The summed E-state index contributed by atoms with van der Waals surface area (Å²) in [4.78, 5) is 40.5. The second-order valence-corrected chi connectivity index (χ2v) is 8.11. The van der Waals surface area contributed by atoms with E-state index in [1.54, 1.807) is 18.2 Å². The minimum atomic E-state index is -0.389. The Bertz CT molecular complexity index is 1240. The minimum Gasteiger partial charge on any atom is -0.454 e. The molecule has 9 nitrogen and oxygen atoms in total. The minimum absolute atomic E-state index is 0.0227. The van der Waals surface area contributed by atoms with Crippen molar-refractivity contribution in [2.75, 3.05) is 24.0 Å². The average Bonchev–Trinajstić information content (AvgIpc) is 3.46. The number of nitrogens with zero attached hydrogens (tertiary/aromatic N) is 1. The number of carbonyl (C=O) groups excluding carboxylic acids is 3. The summed E-state index contributed by atoms with van der Waals surface area (Å²) in [7, 11) is 0. The van der Waals surface area contributed by atoms with Crippen LogP contribution in [0.3, 0.4) is 0 Å². The second-order valence-electron chi connectivity index (χ2n) is 7.26. The molecule has 2 aliphatic rings. The maximum Gasteiger partial charge on any atom is 0.251 e. The average molecular weight is 450 g/mol. The molecule has 3 N–H and O–H groups in total. The van der Waals surface area contributed by atoms with Crippen molar-refractivity contribution in [1.82, 2.24) is 10.3 Å². The summed E-state index contributed by atoms with van der Waals surface area (Å²) in [6, 6.07) is 10.6. The highest BCUT2D eigenvalue weighted by atomic mass is 32.1. The van der Waals surface area contributed by atoms with Crippen LogP contribution >= 0.6 is 11.3 Å². The van der Waals surface area contributed by atoms with Crippen molar-refractivity contribution in [3.8, 4) is 22.8 Å². The van der Waals surface area contributed by atoms with E-state index in [0.29, 0.717) is 35.0 Å². The van der Waals surface area contributed by atoms with Gasteiger partial charge in [-0.15, -0.1) is 11.3 Å². The van der Waals surface area contributed by atoms with Gasteiger partial charge in [-0.2, -0.15) is 0 Å². The lowest BCUT2D eigenvalue weighted by molar-refractivity contribution is -0.116. The Morgan fingerprint density at radius 2 is 1.97 bits per heavy atom. The lowest BCUT2D eigenvalue weighted by atomic mass is 9.99. The molecule has 0 atom stereocenters. The molecule has 3 amide bonds. The van der Waals surface area contributed by atoms with Crippen LogP contribution in [0, 0.1) is 0 Å². The van der Waals surface area contributed by atoms with Crippen molar-refractivity contribution in [1.29, 1.82) is 0 Å². The fourth-order valence-electron chi connectivity index (χ4n) is 3.47. The molecule has 2 aromatic carbocycles. The van der Waals surface area contributed by atoms with E-state index in [9.17, 15) is 14.4 Å². The predicted molar refractivity (Wildman–Crippen MR) is 118 cm³/mol. The zero-order valence-corrected chi connectivity index (χ0v) is 17.6. The van der Waals surface area contributed by atoms with Crippen LogP contribution in [0.4, 0.5) is 10.8 Å². The van der Waals surface area contributed by atoms with Gasteiger partial charge in [0.1, 0.15) is 0 Å². The number of hydrogen-bond donors (Lipinski definition) is 3. The van der Waals surface area contributed by atoms with Gasteiger partial charge in [0.2, 0.25) is 18.6 Å². The number of benzene rings is 2. The molecule has 3 heterocycles. The van der Waals surface area contributed by atoms with Gasteiger partial charge in [0.15, 0.2) is 16.6 Å². The van der Waals surface area contributed by atoms with Gasteiger partial charge in [0, 0.05) is 28.6 Å². The number of ether oxygens (including phenoxy) is 2. The molecule has 2 aliphatic heterocycles. The Hall–Kier alpha value is -3.92. The van der Waals surface area contributed by atoms with Crippen molar-refractivity contribution in [2.24, 2.45) is 0 Å². The Labute approximate surface area is 186 Å². The predicted octanol–water partition coefficient (Wildman–Crippen LogP) is 2.79. The van der Waals surface area contributed by atoms with Crippen LogP contribution in [-0.4, -0.2) is 36.0 Å². The van der Waals surface area contributed by atoms with E-state index in [1.165, 1.54) is 11.3 Å². The highest BCUT2D eigenvalue weighted by Gasteiger charge is 2.18. The van der Waals surface area contributed by atoms with Crippen molar-refractivity contribution in [3.05, 3.63) is 52.9 Å². The monoisotopic (exact) mass is 450 g/mol. The lowest BCUT2D eigenvalue weighted by Crippen LogP contribution is -2.32. The van der Waals surface area contributed by atoms with Crippen LogP contribution < -0.4 is 25.4 Å². The largest absolute Gasteiger partial charge is 0.454 e. The molecule has 0 saturated carbocycles. The van der Waals surface area contributed by atoms with Crippen LogP contribution in [0.2, 0.25) is 0 Å². The first-order valence-electron chi connectivity index (χ1n) is 9.91. The highest BCUT2D eigenvalue weighted by molar-refractivity contribution is 7.14. The Balaban J connectivity index is 1.18. The first kappa shape index (κ1) is 20.0. The first-order valence-corrected chi connectivity index (χ1v) is 10.8. The number of nitrogens with one attached hydrogen (secondary N) is 3. The smallest absolute Gasteiger partial charge is 0.251 e. The number of carbonyl (C=O) groups is 3. The number of rotatable bonds is 5. The maximum atomic E-state index is 12.3. The van der Waals surface area contributed by atoms with Crippen molar-refractivity contribution < 1.29 is 23.9 Å². The van der Waals surface area contributed by atoms with Gasteiger partial charge in [0.25, 0.3) is 5.91 Å². The zero-order valence-electron chi connectivity index (χ0n) is 16.8. The van der Waals surface area contributed by atoms with Gasteiger partial charge >= 0.3 is 0 Å². The highest BCUT2D eigenvalue weighted by Crippen LogP contribution is 2.32. The van der Waals surface area contributed by atoms with Gasteiger partial charge < -0.3 is 25.4 Å². The number of aryl methyl sites for hydroxylation is 1. The summed E-state index contributed by atoms with van der Waals surface area (Å²) in [5, 5.41) is 10.4. The van der Waals surface area contributed by atoms with E-state index < -0.39 is 0 Å². The van der Waals surface area contributed by atoms with Gasteiger partial charge in [0.05, 0.1) is 12.2 Å². The van der Waals surface area contributed by atoms with E-state index in [2.05, 4.69) is 20.9 Å². The second kappa shape index (κ2) is 8.31. The number of hydrogen-bond acceptors (Lipinski definition) is 7. The van der Waals surface area contributed by atoms with E-state index in [0.717, 1.165) is 22.5 Å². The molecule has 0 unspecified atom stereocenters. The van der Waals surface area contributed by atoms with E-state index in [-0.39, 0.29) is 31.1 Å². The molecule has 3 aromatic rings. The standard InChI is InChI=1S/C22H18N4O5S/c27-19-6-3-12-7-13(1-4-15(12)24-19)16-10-32-22(25-16)26-20(28)9-23-21(29)14-2-5-17-18(8-14)31-11-30-17/h1-2,4-5,7-8,10H,3,6,9,11H2,(H,23,29)(H,24,27)(H,25,26,28). The van der Waals surface area contributed by atoms with Crippen LogP contribution in [0.15, 0.2) is 41.8 Å². The molecule has 0 bridgehead atoms. The van der Waals surface area contributed by atoms with Crippen molar-refractivity contribution in [3.63, 3.8) is 0 Å². The molecule has 0 aliphatic carbocycles. The number of aromatic nitrogens is 1. The molecule has 0 fully saturated rings. The topological polar surface area (TPSA) is 119 Å².